The molecular weight excluding hydrogens is 460 g/mol. The molecule has 4 N–H and O–H groups in total. The molecule has 0 aliphatic carbocycles. The van der Waals surface area contributed by atoms with Gasteiger partial charge in [0.05, 0.1) is 17.1 Å². The van der Waals surface area contributed by atoms with Crippen molar-refractivity contribution >= 4 is 27.7 Å². The second kappa shape index (κ2) is 11.2. The van der Waals surface area contributed by atoms with Crippen LogP contribution in [0.1, 0.15) is 36.8 Å². The SMILES string of the molecule is O=C(NCc1ccccc1)c1cccc(S(=O)(=O)NC(=O)c2ccc(C(=O)NCCO)nc2)c1. The average Bonchev–Trinajstić information content (AvgIpc) is 2.86. The summed E-state index contributed by atoms with van der Waals surface area (Å²) in [6.45, 7) is 0.0821. The number of benzene rings is 2. The molecule has 0 fully saturated rings. The van der Waals surface area contributed by atoms with Crippen LogP contribution in [0.2, 0.25) is 0 Å². The van der Waals surface area contributed by atoms with E-state index in [9.17, 15) is 22.8 Å². The number of amides is 3. The molecule has 0 aliphatic rings. The molecule has 34 heavy (non-hydrogen) atoms. The van der Waals surface area contributed by atoms with Crippen LogP contribution < -0.4 is 15.4 Å². The lowest BCUT2D eigenvalue weighted by Gasteiger charge is -2.10. The van der Waals surface area contributed by atoms with Gasteiger partial charge in [0, 0.05) is 24.8 Å². The highest BCUT2D eigenvalue weighted by Crippen LogP contribution is 2.13. The first kappa shape index (κ1) is 24.6. The van der Waals surface area contributed by atoms with E-state index >= 15 is 0 Å². The smallest absolute Gasteiger partial charge is 0.269 e. The molecule has 0 saturated carbocycles. The largest absolute Gasteiger partial charge is 0.395 e. The summed E-state index contributed by atoms with van der Waals surface area (Å²) in [6, 6.07) is 17.0. The van der Waals surface area contributed by atoms with Gasteiger partial charge in [0.1, 0.15) is 5.69 Å². The first-order chi connectivity index (χ1) is 16.3. The van der Waals surface area contributed by atoms with E-state index in [4.69, 9.17) is 5.11 Å². The van der Waals surface area contributed by atoms with Crippen LogP contribution in [-0.4, -0.2) is 49.4 Å². The normalized spacial score (nSPS) is 10.9. The molecule has 3 amide bonds. The van der Waals surface area contributed by atoms with E-state index in [1.807, 2.05) is 35.1 Å². The van der Waals surface area contributed by atoms with Crippen LogP contribution in [0.4, 0.5) is 0 Å². The Kier molecular flexibility index (Phi) is 8.06. The summed E-state index contributed by atoms with van der Waals surface area (Å²) in [5.41, 5.74) is 0.921. The molecule has 0 spiro atoms. The number of rotatable bonds is 9. The molecule has 11 heteroatoms. The molecule has 0 unspecified atom stereocenters. The summed E-state index contributed by atoms with van der Waals surface area (Å²) in [4.78, 5) is 40.2. The van der Waals surface area contributed by atoms with Crippen LogP contribution in [0.25, 0.3) is 0 Å². The van der Waals surface area contributed by atoms with Crippen LogP contribution >= 0.6 is 0 Å². The van der Waals surface area contributed by atoms with Gasteiger partial charge < -0.3 is 15.7 Å². The van der Waals surface area contributed by atoms with Crippen molar-refractivity contribution in [1.29, 1.82) is 0 Å². The Balaban J connectivity index is 1.67. The molecule has 3 aromatic rings. The number of nitrogens with one attached hydrogen (secondary N) is 3. The molecule has 0 saturated heterocycles. The molecule has 2 aromatic carbocycles. The third kappa shape index (κ3) is 6.47. The number of aliphatic hydroxyl groups excluding tert-OH is 1. The Hall–Kier alpha value is -4.09. The number of aliphatic hydroxyl groups is 1. The van der Waals surface area contributed by atoms with Crippen LogP contribution in [0, 0.1) is 0 Å². The Labute approximate surface area is 196 Å². The van der Waals surface area contributed by atoms with E-state index in [-0.39, 0.29) is 41.4 Å². The molecular formula is C23H22N4O6S. The van der Waals surface area contributed by atoms with Crippen molar-refractivity contribution in [3.8, 4) is 0 Å². The zero-order valence-electron chi connectivity index (χ0n) is 17.9. The lowest BCUT2D eigenvalue weighted by atomic mass is 10.2. The van der Waals surface area contributed by atoms with Gasteiger partial charge in [0.15, 0.2) is 0 Å². The predicted molar refractivity (Wildman–Crippen MR) is 122 cm³/mol. The number of hydrogen-bond acceptors (Lipinski definition) is 7. The van der Waals surface area contributed by atoms with Crippen molar-refractivity contribution in [1.82, 2.24) is 20.3 Å². The minimum atomic E-state index is -4.28. The second-order valence-electron chi connectivity index (χ2n) is 7.04. The number of hydrogen-bond donors (Lipinski definition) is 4. The minimum Gasteiger partial charge on any atom is -0.395 e. The maximum atomic E-state index is 12.7. The Morgan fingerprint density at radius 3 is 2.26 bits per heavy atom. The zero-order valence-corrected chi connectivity index (χ0v) is 18.7. The number of sulfonamides is 1. The monoisotopic (exact) mass is 482 g/mol. The standard InChI is InChI=1S/C23H22N4O6S/c28-12-11-24-23(31)20-10-9-18(15-25-20)22(30)27-34(32,33)19-8-4-7-17(13-19)21(29)26-14-16-5-2-1-3-6-16/h1-10,13,15,28H,11-12,14H2,(H,24,31)(H,26,29)(H,27,30). The molecule has 0 bridgehead atoms. The Morgan fingerprint density at radius 1 is 0.824 bits per heavy atom. The second-order valence-corrected chi connectivity index (χ2v) is 8.72. The fourth-order valence-electron chi connectivity index (χ4n) is 2.85. The van der Waals surface area contributed by atoms with E-state index in [0.717, 1.165) is 11.8 Å². The minimum absolute atomic E-state index is 0.00192. The van der Waals surface area contributed by atoms with Gasteiger partial charge in [-0.15, -0.1) is 0 Å². The molecule has 10 nitrogen and oxygen atoms in total. The highest BCUT2D eigenvalue weighted by atomic mass is 32.2. The average molecular weight is 483 g/mol. The fraction of sp³-hybridized carbons (Fsp3) is 0.130. The molecule has 3 rings (SSSR count). The van der Waals surface area contributed by atoms with Crippen molar-refractivity contribution in [2.24, 2.45) is 0 Å². The first-order valence-electron chi connectivity index (χ1n) is 10.1. The quantitative estimate of drug-likeness (QED) is 0.352. The number of carbonyl (C=O) groups excluding carboxylic acids is 3. The van der Waals surface area contributed by atoms with E-state index in [1.165, 1.54) is 36.4 Å². The van der Waals surface area contributed by atoms with Gasteiger partial charge >= 0.3 is 0 Å². The Morgan fingerprint density at radius 2 is 1.59 bits per heavy atom. The summed E-state index contributed by atoms with van der Waals surface area (Å²) in [7, 11) is -4.28. The third-order valence-corrected chi connectivity index (χ3v) is 5.91. The summed E-state index contributed by atoms with van der Waals surface area (Å²) < 4.78 is 27.3. The molecule has 1 heterocycles. The van der Waals surface area contributed by atoms with Crippen molar-refractivity contribution in [3.05, 3.63) is 95.3 Å². The van der Waals surface area contributed by atoms with Crippen LogP contribution in [0.3, 0.4) is 0 Å². The lowest BCUT2D eigenvalue weighted by Crippen LogP contribution is -2.31. The molecule has 0 radical (unpaired) electrons. The third-order valence-electron chi connectivity index (χ3n) is 4.59. The topological polar surface area (TPSA) is 155 Å². The van der Waals surface area contributed by atoms with Crippen LogP contribution in [0.15, 0.2) is 77.8 Å². The fourth-order valence-corrected chi connectivity index (χ4v) is 3.87. The van der Waals surface area contributed by atoms with Crippen LogP contribution in [-0.2, 0) is 16.6 Å². The van der Waals surface area contributed by atoms with Gasteiger partial charge in [-0.1, -0.05) is 36.4 Å². The van der Waals surface area contributed by atoms with Gasteiger partial charge in [-0.25, -0.2) is 13.1 Å². The van der Waals surface area contributed by atoms with Crippen LogP contribution in [0.5, 0.6) is 0 Å². The summed E-state index contributed by atoms with van der Waals surface area (Å²) >= 11 is 0. The van der Waals surface area contributed by atoms with Crippen molar-refractivity contribution in [2.45, 2.75) is 11.4 Å². The van der Waals surface area contributed by atoms with Gasteiger partial charge in [-0.3, -0.25) is 19.4 Å². The first-order valence-corrected chi connectivity index (χ1v) is 11.6. The van der Waals surface area contributed by atoms with Gasteiger partial charge in [-0.05, 0) is 35.9 Å². The number of pyridine rings is 1. The predicted octanol–water partition coefficient (Wildman–Crippen LogP) is 0.852. The summed E-state index contributed by atoms with van der Waals surface area (Å²) in [6.07, 6.45) is 1.06. The number of aromatic nitrogens is 1. The summed E-state index contributed by atoms with van der Waals surface area (Å²) in [5, 5.41) is 13.9. The molecule has 176 valence electrons. The van der Waals surface area contributed by atoms with Gasteiger partial charge in [0.2, 0.25) is 0 Å². The van der Waals surface area contributed by atoms with Crippen molar-refractivity contribution in [3.63, 3.8) is 0 Å². The molecule has 0 atom stereocenters. The zero-order chi connectivity index (χ0) is 24.6. The summed E-state index contributed by atoms with van der Waals surface area (Å²) in [5.74, 6) is -1.96. The van der Waals surface area contributed by atoms with E-state index in [2.05, 4.69) is 15.6 Å². The maximum absolute atomic E-state index is 12.7. The molecule has 1 aromatic heterocycles. The highest BCUT2D eigenvalue weighted by molar-refractivity contribution is 7.90. The molecule has 0 aliphatic heterocycles. The van der Waals surface area contributed by atoms with Crippen molar-refractivity contribution in [2.75, 3.05) is 13.2 Å². The Bertz CT molecular complexity index is 1280. The number of nitrogens with zero attached hydrogens (tertiary/aromatic N) is 1. The van der Waals surface area contributed by atoms with Crippen molar-refractivity contribution < 1.29 is 27.9 Å². The van der Waals surface area contributed by atoms with E-state index in [1.54, 1.807) is 0 Å². The number of carbonyl (C=O) groups is 3. The van der Waals surface area contributed by atoms with Gasteiger partial charge in [0.25, 0.3) is 27.7 Å². The highest BCUT2D eigenvalue weighted by Gasteiger charge is 2.21. The van der Waals surface area contributed by atoms with E-state index in [0.29, 0.717) is 0 Å². The van der Waals surface area contributed by atoms with Gasteiger partial charge in [-0.2, -0.15) is 0 Å². The van der Waals surface area contributed by atoms with E-state index < -0.39 is 27.7 Å². The maximum Gasteiger partial charge on any atom is 0.269 e. The lowest BCUT2D eigenvalue weighted by molar-refractivity contribution is 0.0934.